The molecule has 1 saturated heterocycles. The van der Waals surface area contributed by atoms with Gasteiger partial charge in [-0.2, -0.15) is 0 Å². The quantitative estimate of drug-likeness (QED) is 0.618. The number of urea groups is 1. The molecule has 1 heterocycles. The maximum absolute atomic E-state index is 11.3. The van der Waals surface area contributed by atoms with Crippen LogP contribution < -0.4 is 11.1 Å². The van der Waals surface area contributed by atoms with Crippen LogP contribution in [0.5, 0.6) is 0 Å². The number of hydrogen-bond donors (Lipinski definition) is 2. The molecule has 1 aliphatic heterocycles. The number of nitrogens with two attached hydrogens (primary N) is 1. The molecule has 3 N–H and O–H groups in total. The Hall–Kier alpha value is -0.810. The fraction of sp³-hybridized carbons (Fsp3) is 0.909. The van der Waals surface area contributed by atoms with Crippen LogP contribution in [-0.2, 0) is 0 Å². The zero-order chi connectivity index (χ0) is 11.8. The van der Waals surface area contributed by atoms with Gasteiger partial charge in [-0.3, -0.25) is 0 Å². The highest BCUT2D eigenvalue weighted by atomic mass is 16.2. The predicted molar refractivity (Wildman–Crippen MR) is 65.4 cm³/mol. The van der Waals surface area contributed by atoms with Crippen molar-refractivity contribution in [1.82, 2.24) is 15.1 Å². The Morgan fingerprint density at radius 1 is 1.44 bits per heavy atom. The van der Waals surface area contributed by atoms with Gasteiger partial charge in [0.05, 0.1) is 0 Å². The van der Waals surface area contributed by atoms with Gasteiger partial charge < -0.3 is 20.9 Å². The minimum atomic E-state index is 0.0790. The highest BCUT2D eigenvalue weighted by Gasteiger charge is 2.19. The van der Waals surface area contributed by atoms with Gasteiger partial charge in [0, 0.05) is 26.2 Å². The number of amides is 2. The first-order valence-corrected chi connectivity index (χ1v) is 6.23. The van der Waals surface area contributed by atoms with Crippen LogP contribution in [-0.4, -0.2) is 61.6 Å². The zero-order valence-corrected chi connectivity index (χ0v) is 10.2. The minimum Gasteiger partial charge on any atom is -0.336 e. The largest absolute Gasteiger partial charge is 0.336 e. The molecule has 2 amide bonds. The summed E-state index contributed by atoms with van der Waals surface area (Å²) < 4.78 is 0. The molecule has 5 nitrogen and oxygen atoms in total. The average molecular weight is 228 g/mol. The molecule has 1 aliphatic rings. The van der Waals surface area contributed by atoms with E-state index in [1.165, 1.54) is 0 Å². The lowest BCUT2D eigenvalue weighted by molar-refractivity contribution is 0.200. The van der Waals surface area contributed by atoms with Crippen LogP contribution in [0.1, 0.15) is 19.8 Å². The van der Waals surface area contributed by atoms with Crippen LogP contribution in [0.25, 0.3) is 0 Å². The summed E-state index contributed by atoms with van der Waals surface area (Å²) in [7, 11) is 0. The lowest BCUT2D eigenvalue weighted by Crippen LogP contribution is -2.38. The molecule has 5 heteroatoms. The van der Waals surface area contributed by atoms with Crippen LogP contribution in [0.2, 0.25) is 0 Å². The zero-order valence-electron chi connectivity index (χ0n) is 10.2. The summed E-state index contributed by atoms with van der Waals surface area (Å²) in [6.45, 7) is 8.47. The monoisotopic (exact) mass is 228 g/mol. The summed E-state index contributed by atoms with van der Waals surface area (Å²) >= 11 is 0. The maximum Gasteiger partial charge on any atom is 0.317 e. The van der Waals surface area contributed by atoms with Gasteiger partial charge in [-0.15, -0.1) is 0 Å². The second-order valence-electron chi connectivity index (χ2n) is 4.20. The predicted octanol–water partition coefficient (Wildman–Crippen LogP) is 0.0724. The molecule has 1 fully saturated rings. The van der Waals surface area contributed by atoms with Crippen molar-refractivity contribution in [3.05, 3.63) is 0 Å². The molecule has 0 aromatic carbocycles. The van der Waals surface area contributed by atoms with Crippen molar-refractivity contribution in [2.45, 2.75) is 19.8 Å². The lowest BCUT2D eigenvalue weighted by Gasteiger charge is -2.24. The number of carbonyl (C=O) groups excluding carboxylic acids is 1. The summed E-state index contributed by atoms with van der Waals surface area (Å²) in [6, 6.07) is 0.0790. The number of hydrogen-bond acceptors (Lipinski definition) is 3. The van der Waals surface area contributed by atoms with Gasteiger partial charge in [-0.25, -0.2) is 4.79 Å². The first kappa shape index (κ1) is 13.3. The van der Waals surface area contributed by atoms with Crippen LogP contribution in [0.3, 0.4) is 0 Å². The molecule has 0 unspecified atom stereocenters. The summed E-state index contributed by atoms with van der Waals surface area (Å²) in [5.74, 6) is 0. The average Bonchev–Trinajstić information content (AvgIpc) is 2.68. The minimum absolute atomic E-state index is 0.0790. The summed E-state index contributed by atoms with van der Waals surface area (Å²) in [4.78, 5) is 15.6. The van der Waals surface area contributed by atoms with Gasteiger partial charge in [0.25, 0.3) is 0 Å². The van der Waals surface area contributed by atoms with Crippen molar-refractivity contribution in [2.75, 3.05) is 45.8 Å². The van der Waals surface area contributed by atoms with Gasteiger partial charge in [0.2, 0.25) is 0 Å². The molecule has 0 aromatic rings. The Morgan fingerprint density at radius 2 is 2.25 bits per heavy atom. The van der Waals surface area contributed by atoms with Gasteiger partial charge in [0.15, 0.2) is 0 Å². The first-order valence-electron chi connectivity index (χ1n) is 6.23. The Bertz CT molecular complexity index is 210. The molecule has 0 spiro atoms. The first-order chi connectivity index (χ1) is 7.77. The molecule has 0 aliphatic carbocycles. The standard InChI is InChI=1S/C11H24N4O/c1-2-6-14(7-3-4-12)9-10-15-8-5-13-11(15)16/h2-10,12H2,1H3,(H,13,16). The van der Waals surface area contributed by atoms with Crippen LogP contribution in [0, 0.1) is 0 Å². The van der Waals surface area contributed by atoms with E-state index in [-0.39, 0.29) is 6.03 Å². The molecule has 16 heavy (non-hydrogen) atoms. The molecule has 0 radical (unpaired) electrons. The molecule has 0 atom stereocenters. The third-order valence-electron chi connectivity index (χ3n) is 2.85. The third kappa shape index (κ3) is 4.37. The van der Waals surface area contributed by atoms with E-state index in [1.807, 2.05) is 4.90 Å². The number of carbonyl (C=O) groups is 1. The smallest absolute Gasteiger partial charge is 0.317 e. The number of rotatable bonds is 8. The summed E-state index contributed by atoms with van der Waals surface area (Å²) in [5, 5.41) is 2.82. The van der Waals surface area contributed by atoms with E-state index in [9.17, 15) is 4.79 Å². The SMILES string of the molecule is CCCN(CCCN)CCN1CCNC1=O. The van der Waals surface area contributed by atoms with Crippen molar-refractivity contribution in [3.8, 4) is 0 Å². The van der Waals surface area contributed by atoms with Crippen molar-refractivity contribution in [3.63, 3.8) is 0 Å². The van der Waals surface area contributed by atoms with Crippen molar-refractivity contribution in [1.29, 1.82) is 0 Å². The Balaban J connectivity index is 2.22. The molecule has 0 saturated carbocycles. The topological polar surface area (TPSA) is 61.6 Å². The fourth-order valence-corrected chi connectivity index (χ4v) is 1.95. The van der Waals surface area contributed by atoms with Crippen LogP contribution in [0.4, 0.5) is 4.79 Å². The highest BCUT2D eigenvalue weighted by molar-refractivity contribution is 5.76. The Labute approximate surface area is 98.0 Å². The van der Waals surface area contributed by atoms with Gasteiger partial charge in [-0.05, 0) is 32.5 Å². The fourth-order valence-electron chi connectivity index (χ4n) is 1.95. The highest BCUT2D eigenvalue weighted by Crippen LogP contribution is 1.99. The summed E-state index contributed by atoms with van der Waals surface area (Å²) in [6.07, 6.45) is 2.18. The number of nitrogens with zero attached hydrogens (tertiary/aromatic N) is 2. The molecule has 0 bridgehead atoms. The molecule has 0 aromatic heterocycles. The van der Waals surface area contributed by atoms with Crippen molar-refractivity contribution >= 4 is 6.03 Å². The van der Waals surface area contributed by atoms with E-state index in [0.29, 0.717) is 0 Å². The van der Waals surface area contributed by atoms with Crippen LogP contribution in [0.15, 0.2) is 0 Å². The normalized spacial score (nSPS) is 15.9. The maximum atomic E-state index is 11.3. The van der Waals surface area contributed by atoms with Gasteiger partial charge in [-0.1, -0.05) is 6.92 Å². The summed E-state index contributed by atoms with van der Waals surface area (Å²) in [5.41, 5.74) is 5.51. The lowest BCUT2D eigenvalue weighted by atomic mass is 10.3. The molecular weight excluding hydrogens is 204 g/mol. The number of nitrogens with one attached hydrogen (secondary N) is 1. The third-order valence-corrected chi connectivity index (χ3v) is 2.85. The molecular formula is C11H24N4O. The Kier molecular flexibility index (Phi) is 6.18. The van der Waals surface area contributed by atoms with E-state index in [4.69, 9.17) is 5.73 Å². The van der Waals surface area contributed by atoms with Crippen molar-refractivity contribution < 1.29 is 4.79 Å². The molecule has 1 rings (SSSR count). The second kappa shape index (κ2) is 7.46. The van der Waals surface area contributed by atoms with Gasteiger partial charge in [0.1, 0.15) is 0 Å². The van der Waals surface area contributed by atoms with Crippen LogP contribution >= 0.6 is 0 Å². The van der Waals surface area contributed by atoms with Crippen molar-refractivity contribution in [2.24, 2.45) is 5.73 Å². The van der Waals surface area contributed by atoms with E-state index < -0.39 is 0 Å². The van der Waals surface area contributed by atoms with Gasteiger partial charge >= 0.3 is 6.03 Å². The second-order valence-corrected chi connectivity index (χ2v) is 4.20. The van der Waals surface area contributed by atoms with E-state index >= 15 is 0 Å². The van der Waals surface area contributed by atoms with E-state index in [0.717, 1.165) is 58.7 Å². The molecule has 94 valence electrons. The van der Waals surface area contributed by atoms with E-state index in [1.54, 1.807) is 0 Å². The van der Waals surface area contributed by atoms with E-state index in [2.05, 4.69) is 17.1 Å². The Morgan fingerprint density at radius 3 is 2.81 bits per heavy atom.